The van der Waals surface area contributed by atoms with Gasteiger partial charge >= 0.3 is 0 Å². The van der Waals surface area contributed by atoms with E-state index in [4.69, 9.17) is 4.74 Å². The number of carbonyl (C=O) groups is 3. The first-order valence-corrected chi connectivity index (χ1v) is 7.42. The molecule has 0 amide bonds. The van der Waals surface area contributed by atoms with Gasteiger partial charge in [0.25, 0.3) is 0 Å². The third-order valence-corrected chi connectivity index (χ3v) is 3.89. The molecule has 1 aromatic rings. The second-order valence-electron chi connectivity index (χ2n) is 5.43. The van der Waals surface area contributed by atoms with Crippen molar-refractivity contribution in [2.45, 2.75) is 25.4 Å². The first-order chi connectivity index (χ1) is 11.3. The molecule has 1 aliphatic carbocycles. The van der Waals surface area contributed by atoms with Gasteiger partial charge in [0.05, 0.1) is 13.5 Å². The highest BCUT2D eigenvalue weighted by atomic mass is 16.5. The molecule has 2 N–H and O–H groups in total. The van der Waals surface area contributed by atoms with Gasteiger partial charge in [0.1, 0.15) is 17.1 Å². The molecule has 0 aliphatic heterocycles. The zero-order valence-corrected chi connectivity index (χ0v) is 13.4. The minimum Gasteiger partial charge on any atom is -0.507 e. The number of benzene rings is 1. The molecule has 24 heavy (non-hydrogen) atoms. The van der Waals surface area contributed by atoms with Crippen LogP contribution in [-0.4, -0.2) is 40.3 Å². The van der Waals surface area contributed by atoms with Gasteiger partial charge in [-0.25, -0.2) is 0 Å². The Morgan fingerprint density at radius 2 is 1.92 bits per heavy atom. The number of aliphatic hydroxyl groups is 2. The maximum Gasteiger partial charge on any atom is 0.209 e. The van der Waals surface area contributed by atoms with Gasteiger partial charge in [-0.3, -0.25) is 14.4 Å². The van der Waals surface area contributed by atoms with Crippen LogP contribution in [0.3, 0.4) is 0 Å². The van der Waals surface area contributed by atoms with Crippen LogP contribution in [0.25, 0.3) is 6.08 Å². The minimum absolute atomic E-state index is 0.0781. The first kappa shape index (κ1) is 17.6. The van der Waals surface area contributed by atoms with Gasteiger partial charge < -0.3 is 14.9 Å². The summed E-state index contributed by atoms with van der Waals surface area (Å²) in [7, 11) is 1.54. The molecular formula is C18H18O6. The molecule has 1 saturated carbocycles. The van der Waals surface area contributed by atoms with Crippen molar-refractivity contribution in [3.63, 3.8) is 0 Å². The van der Waals surface area contributed by atoms with E-state index in [0.717, 1.165) is 0 Å². The van der Waals surface area contributed by atoms with Crippen molar-refractivity contribution >= 4 is 23.4 Å². The first-order valence-electron chi connectivity index (χ1n) is 7.42. The normalized spacial score (nSPS) is 23.0. The van der Waals surface area contributed by atoms with E-state index in [-0.39, 0.29) is 6.42 Å². The quantitative estimate of drug-likeness (QED) is 0.369. The summed E-state index contributed by atoms with van der Waals surface area (Å²) in [5, 5.41) is 20.2. The Labute approximate surface area is 139 Å². The number of rotatable bonds is 5. The van der Waals surface area contributed by atoms with E-state index < -0.39 is 40.7 Å². The average molecular weight is 330 g/mol. The SMILES string of the molecule is CCC(=O)C1(O)CC(=O)/C(=C(O)\C=C\c2ccc(OC)cc2)C1=O. The maximum atomic E-state index is 12.2. The molecule has 6 nitrogen and oxygen atoms in total. The van der Waals surface area contributed by atoms with Gasteiger partial charge in [0, 0.05) is 6.42 Å². The summed E-state index contributed by atoms with van der Waals surface area (Å²) in [6.45, 7) is 1.49. The standard InChI is InChI=1S/C18H18O6/c1-3-15(21)18(23)10-14(20)16(17(18)22)13(19)9-6-11-4-7-12(24-2)8-5-11/h4-9,19,23H,3,10H2,1-2H3/b9-6+,16-13-. The van der Waals surface area contributed by atoms with Crippen LogP contribution in [0.1, 0.15) is 25.3 Å². The third-order valence-electron chi connectivity index (χ3n) is 3.89. The van der Waals surface area contributed by atoms with Crippen molar-refractivity contribution in [2.75, 3.05) is 7.11 Å². The maximum absolute atomic E-state index is 12.2. The Hall–Kier alpha value is -2.73. The fourth-order valence-electron chi connectivity index (χ4n) is 2.48. The summed E-state index contributed by atoms with van der Waals surface area (Å²) in [4.78, 5) is 35.9. The molecule has 1 atom stereocenters. The molecule has 0 radical (unpaired) electrons. The lowest BCUT2D eigenvalue weighted by molar-refractivity contribution is -0.147. The molecule has 1 aromatic carbocycles. The predicted octanol–water partition coefficient (Wildman–Crippen LogP) is 1.77. The number of hydrogen-bond donors (Lipinski definition) is 2. The van der Waals surface area contributed by atoms with Crippen molar-refractivity contribution < 1.29 is 29.3 Å². The zero-order chi connectivity index (χ0) is 17.9. The fraction of sp³-hybridized carbons (Fsp3) is 0.278. The van der Waals surface area contributed by atoms with E-state index in [2.05, 4.69) is 0 Å². The lowest BCUT2D eigenvalue weighted by Crippen LogP contribution is -2.42. The summed E-state index contributed by atoms with van der Waals surface area (Å²) in [5.41, 5.74) is -2.19. The van der Waals surface area contributed by atoms with Crippen LogP contribution < -0.4 is 4.74 Å². The molecule has 0 spiro atoms. The smallest absolute Gasteiger partial charge is 0.209 e. The largest absolute Gasteiger partial charge is 0.507 e. The summed E-state index contributed by atoms with van der Waals surface area (Å²) >= 11 is 0. The van der Waals surface area contributed by atoms with Gasteiger partial charge in [0.15, 0.2) is 17.2 Å². The van der Waals surface area contributed by atoms with Crippen LogP contribution in [0.15, 0.2) is 41.7 Å². The lowest BCUT2D eigenvalue weighted by Gasteiger charge is -2.16. The Morgan fingerprint density at radius 3 is 2.46 bits per heavy atom. The fourth-order valence-corrected chi connectivity index (χ4v) is 2.48. The van der Waals surface area contributed by atoms with Gasteiger partial charge in [0.2, 0.25) is 5.78 Å². The van der Waals surface area contributed by atoms with Crippen molar-refractivity contribution in [2.24, 2.45) is 0 Å². The molecule has 1 aliphatic rings. The van der Waals surface area contributed by atoms with E-state index in [0.29, 0.717) is 11.3 Å². The van der Waals surface area contributed by atoms with Crippen molar-refractivity contribution in [1.82, 2.24) is 0 Å². The number of allylic oxidation sites excluding steroid dienone is 1. The predicted molar refractivity (Wildman–Crippen MR) is 86.6 cm³/mol. The number of aliphatic hydroxyl groups excluding tert-OH is 1. The van der Waals surface area contributed by atoms with Gasteiger partial charge in [-0.1, -0.05) is 25.1 Å². The Bertz CT molecular complexity index is 741. The number of ether oxygens (including phenoxy) is 1. The summed E-state index contributed by atoms with van der Waals surface area (Å²) < 4.78 is 5.03. The molecule has 2 rings (SSSR count). The Balaban J connectivity index is 2.30. The van der Waals surface area contributed by atoms with Gasteiger partial charge in [-0.05, 0) is 23.8 Å². The van der Waals surface area contributed by atoms with E-state index in [1.807, 2.05) is 0 Å². The van der Waals surface area contributed by atoms with Crippen LogP contribution in [0.5, 0.6) is 5.75 Å². The third kappa shape index (κ3) is 3.14. The van der Waals surface area contributed by atoms with Crippen molar-refractivity contribution in [3.05, 3.63) is 47.2 Å². The topological polar surface area (TPSA) is 101 Å². The van der Waals surface area contributed by atoms with Crippen LogP contribution >= 0.6 is 0 Å². The van der Waals surface area contributed by atoms with Crippen molar-refractivity contribution in [1.29, 1.82) is 0 Å². The molecule has 0 aromatic heterocycles. The molecule has 1 fully saturated rings. The highest BCUT2D eigenvalue weighted by Gasteiger charge is 2.54. The number of hydrogen-bond acceptors (Lipinski definition) is 6. The number of ketones is 3. The second-order valence-corrected chi connectivity index (χ2v) is 5.43. The monoisotopic (exact) mass is 330 g/mol. The molecule has 6 heteroatoms. The van der Waals surface area contributed by atoms with E-state index in [1.165, 1.54) is 26.2 Å². The van der Waals surface area contributed by atoms with Crippen LogP contribution in [0, 0.1) is 0 Å². The number of carbonyl (C=O) groups excluding carboxylic acids is 3. The van der Waals surface area contributed by atoms with E-state index >= 15 is 0 Å². The summed E-state index contributed by atoms with van der Waals surface area (Å²) in [6, 6.07) is 6.88. The van der Waals surface area contributed by atoms with Crippen LogP contribution in [-0.2, 0) is 14.4 Å². The minimum atomic E-state index is -2.36. The van der Waals surface area contributed by atoms with Crippen LogP contribution in [0.4, 0.5) is 0 Å². The van der Waals surface area contributed by atoms with Gasteiger partial charge in [-0.15, -0.1) is 0 Å². The Kier molecular flexibility index (Phi) is 4.99. The molecule has 126 valence electrons. The summed E-state index contributed by atoms with van der Waals surface area (Å²) in [6.07, 6.45) is 1.98. The van der Waals surface area contributed by atoms with E-state index in [1.54, 1.807) is 24.3 Å². The van der Waals surface area contributed by atoms with Gasteiger partial charge in [-0.2, -0.15) is 0 Å². The number of methoxy groups -OCH3 is 1. The molecule has 0 bridgehead atoms. The second kappa shape index (κ2) is 6.80. The highest BCUT2D eigenvalue weighted by molar-refractivity contribution is 6.36. The molecule has 0 heterocycles. The Morgan fingerprint density at radius 1 is 1.29 bits per heavy atom. The highest BCUT2D eigenvalue weighted by Crippen LogP contribution is 2.31. The average Bonchev–Trinajstić information content (AvgIpc) is 2.82. The lowest BCUT2D eigenvalue weighted by atomic mass is 9.93. The molecule has 1 unspecified atom stereocenters. The summed E-state index contributed by atoms with van der Waals surface area (Å²) in [5.74, 6) is -2.43. The number of Topliss-reactive ketones (excluding diaryl/α,β-unsaturated/α-hetero) is 3. The van der Waals surface area contributed by atoms with E-state index in [9.17, 15) is 24.6 Å². The van der Waals surface area contributed by atoms with Crippen molar-refractivity contribution in [3.8, 4) is 5.75 Å². The van der Waals surface area contributed by atoms with Crippen LogP contribution in [0.2, 0.25) is 0 Å². The molecule has 0 saturated heterocycles. The molecular weight excluding hydrogens is 312 g/mol. The zero-order valence-electron chi connectivity index (χ0n) is 13.4.